The van der Waals surface area contributed by atoms with E-state index in [0.717, 1.165) is 10.6 Å². The Morgan fingerprint density at radius 3 is 2.53 bits per heavy atom. The third kappa shape index (κ3) is 2.07. The Morgan fingerprint density at radius 2 is 2.00 bits per heavy atom. The summed E-state index contributed by atoms with van der Waals surface area (Å²) in [6.45, 7) is 1.78. The van der Waals surface area contributed by atoms with Crippen molar-refractivity contribution in [1.82, 2.24) is 14.6 Å². The van der Waals surface area contributed by atoms with Crippen LogP contribution in [-0.4, -0.2) is 14.6 Å². The van der Waals surface area contributed by atoms with Gasteiger partial charge in [-0.3, -0.25) is 0 Å². The fourth-order valence-corrected chi connectivity index (χ4v) is 1.87. The molecule has 0 saturated carbocycles. The summed E-state index contributed by atoms with van der Waals surface area (Å²) in [6, 6.07) is 0.757. The average molecular weight is 284 g/mol. The normalized spacial score (nSPS) is 12.4. The van der Waals surface area contributed by atoms with Crippen molar-refractivity contribution in [3.05, 3.63) is 27.6 Å². The summed E-state index contributed by atoms with van der Waals surface area (Å²) in [7, 11) is 0. The monoisotopic (exact) mass is 283 g/mol. The fourth-order valence-electron chi connectivity index (χ4n) is 1.36. The number of aryl methyl sites for hydroxylation is 1. The highest BCUT2D eigenvalue weighted by Crippen LogP contribution is 2.37. The number of aromatic nitrogens is 3. The van der Waals surface area contributed by atoms with Gasteiger partial charge in [0.05, 0.1) is 10.6 Å². The van der Waals surface area contributed by atoms with E-state index in [4.69, 9.17) is 23.2 Å². The summed E-state index contributed by atoms with van der Waals surface area (Å²) in [5.74, 6) is 0.383. The zero-order chi connectivity index (χ0) is 12.8. The number of rotatable bonds is 1. The van der Waals surface area contributed by atoms with Gasteiger partial charge in [0.15, 0.2) is 11.5 Å². The maximum absolute atomic E-state index is 12.6. The second-order valence-corrected chi connectivity index (χ2v) is 4.08. The molecule has 2 heterocycles. The van der Waals surface area contributed by atoms with Crippen LogP contribution in [0.3, 0.4) is 0 Å². The summed E-state index contributed by atoms with van der Waals surface area (Å²) in [5.41, 5.74) is -0.897. The molecule has 0 aromatic carbocycles. The maximum atomic E-state index is 12.6. The van der Waals surface area contributed by atoms with E-state index < -0.39 is 16.9 Å². The summed E-state index contributed by atoms with van der Waals surface area (Å²) < 4.78 is 38.8. The van der Waals surface area contributed by atoms with E-state index in [2.05, 4.69) is 10.1 Å². The molecule has 17 heavy (non-hydrogen) atoms. The average Bonchev–Trinajstić information content (AvgIpc) is 2.66. The van der Waals surface area contributed by atoms with Gasteiger partial charge in [-0.1, -0.05) is 30.1 Å². The molecule has 0 atom stereocenters. The molecule has 0 unspecified atom stereocenters. The van der Waals surface area contributed by atoms with Crippen molar-refractivity contribution >= 4 is 28.8 Å². The van der Waals surface area contributed by atoms with Gasteiger partial charge in [-0.2, -0.15) is 17.7 Å². The topological polar surface area (TPSA) is 30.2 Å². The van der Waals surface area contributed by atoms with Crippen molar-refractivity contribution in [2.75, 3.05) is 0 Å². The lowest BCUT2D eigenvalue weighted by Crippen LogP contribution is -2.09. The Kier molecular flexibility index (Phi) is 2.95. The lowest BCUT2D eigenvalue weighted by Gasteiger charge is -2.09. The molecule has 0 bridgehead atoms. The number of alkyl halides is 3. The molecule has 2 aromatic rings. The van der Waals surface area contributed by atoms with E-state index in [9.17, 15) is 13.2 Å². The van der Waals surface area contributed by atoms with Crippen LogP contribution >= 0.6 is 23.2 Å². The fraction of sp³-hybridized carbons (Fsp3) is 0.333. The third-order valence-electron chi connectivity index (χ3n) is 2.17. The van der Waals surface area contributed by atoms with Crippen molar-refractivity contribution in [2.24, 2.45) is 0 Å². The van der Waals surface area contributed by atoms with Gasteiger partial charge in [-0.25, -0.2) is 4.98 Å². The molecular weight excluding hydrogens is 278 g/mol. The molecule has 0 aliphatic rings. The van der Waals surface area contributed by atoms with Crippen LogP contribution < -0.4 is 0 Å². The zero-order valence-corrected chi connectivity index (χ0v) is 10.0. The molecule has 2 rings (SSSR count). The van der Waals surface area contributed by atoms with Gasteiger partial charge in [0.25, 0.3) is 0 Å². The molecule has 0 spiro atoms. The van der Waals surface area contributed by atoms with E-state index in [1.54, 1.807) is 6.92 Å². The highest BCUT2D eigenvalue weighted by molar-refractivity contribution is 6.35. The molecule has 0 N–H and O–H groups in total. The number of nitrogens with zero attached hydrogens (tertiary/aromatic N) is 3. The number of halogens is 5. The molecule has 0 aliphatic carbocycles. The Balaban J connectivity index is 2.79. The Hall–Kier alpha value is -1.01. The van der Waals surface area contributed by atoms with Crippen molar-refractivity contribution in [1.29, 1.82) is 0 Å². The van der Waals surface area contributed by atoms with Crippen LogP contribution in [0.5, 0.6) is 0 Å². The van der Waals surface area contributed by atoms with Crippen molar-refractivity contribution in [3.63, 3.8) is 0 Å². The highest BCUT2D eigenvalue weighted by Gasteiger charge is 2.35. The Morgan fingerprint density at radius 1 is 1.35 bits per heavy atom. The van der Waals surface area contributed by atoms with E-state index in [-0.39, 0.29) is 10.7 Å². The van der Waals surface area contributed by atoms with Gasteiger partial charge >= 0.3 is 6.18 Å². The lowest BCUT2D eigenvalue weighted by molar-refractivity contribution is -0.137. The first kappa shape index (κ1) is 12.4. The lowest BCUT2D eigenvalue weighted by atomic mass is 10.3. The van der Waals surface area contributed by atoms with Crippen LogP contribution in [-0.2, 0) is 12.6 Å². The number of hydrogen-bond donors (Lipinski definition) is 0. The van der Waals surface area contributed by atoms with Crippen LogP contribution in [0.2, 0.25) is 10.2 Å². The van der Waals surface area contributed by atoms with Gasteiger partial charge in [0.1, 0.15) is 5.15 Å². The number of pyridine rings is 1. The summed E-state index contributed by atoms with van der Waals surface area (Å²) in [6.07, 6.45) is -4.09. The summed E-state index contributed by atoms with van der Waals surface area (Å²) >= 11 is 11.4. The van der Waals surface area contributed by atoms with Gasteiger partial charge in [0, 0.05) is 6.42 Å². The molecule has 2 aromatic heterocycles. The molecule has 92 valence electrons. The van der Waals surface area contributed by atoms with E-state index in [0.29, 0.717) is 12.2 Å². The van der Waals surface area contributed by atoms with Crippen LogP contribution in [0, 0.1) is 0 Å². The molecule has 0 saturated heterocycles. The standard InChI is InChI=1S/C9H6Cl2F3N3/c1-2-6-15-8-5(10)3-4(9(12,13)14)7(11)17(8)16-6/h3H,2H2,1H3. The van der Waals surface area contributed by atoms with Gasteiger partial charge in [0.2, 0.25) is 0 Å². The van der Waals surface area contributed by atoms with Crippen LogP contribution in [0.4, 0.5) is 13.2 Å². The van der Waals surface area contributed by atoms with Crippen molar-refractivity contribution < 1.29 is 13.2 Å². The first-order chi connectivity index (χ1) is 7.84. The summed E-state index contributed by atoms with van der Waals surface area (Å²) in [5, 5.41) is 3.19. The van der Waals surface area contributed by atoms with E-state index in [1.807, 2.05) is 0 Å². The quantitative estimate of drug-likeness (QED) is 0.749. The molecule has 0 fully saturated rings. The minimum Gasteiger partial charge on any atom is -0.210 e. The van der Waals surface area contributed by atoms with Gasteiger partial charge in [-0.15, -0.1) is 5.10 Å². The second kappa shape index (κ2) is 4.03. The van der Waals surface area contributed by atoms with Crippen molar-refractivity contribution in [2.45, 2.75) is 19.5 Å². The molecule has 8 heteroatoms. The Bertz CT molecular complexity index is 577. The van der Waals surface area contributed by atoms with Crippen LogP contribution in [0.1, 0.15) is 18.3 Å². The molecule has 0 amide bonds. The molecule has 3 nitrogen and oxygen atoms in total. The van der Waals surface area contributed by atoms with Crippen LogP contribution in [0.15, 0.2) is 6.07 Å². The van der Waals surface area contributed by atoms with Crippen molar-refractivity contribution in [3.8, 4) is 0 Å². The largest absolute Gasteiger partial charge is 0.419 e. The number of fused-ring (bicyclic) bond motifs is 1. The highest BCUT2D eigenvalue weighted by atomic mass is 35.5. The maximum Gasteiger partial charge on any atom is 0.419 e. The predicted molar refractivity (Wildman–Crippen MR) is 57.4 cm³/mol. The first-order valence-corrected chi connectivity index (χ1v) is 5.41. The SMILES string of the molecule is CCc1nc2c(Cl)cc(C(F)(F)F)c(Cl)n2n1. The second-order valence-electron chi connectivity index (χ2n) is 3.31. The zero-order valence-electron chi connectivity index (χ0n) is 8.52. The van der Waals surface area contributed by atoms with E-state index >= 15 is 0 Å². The van der Waals surface area contributed by atoms with Gasteiger partial charge < -0.3 is 0 Å². The molecule has 0 radical (unpaired) electrons. The van der Waals surface area contributed by atoms with E-state index in [1.165, 1.54) is 0 Å². The van der Waals surface area contributed by atoms with Crippen LogP contribution in [0.25, 0.3) is 5.65 Å². The third-order valence-corrected chi connectivity index (χ3v) is 2.81. The minimum absolute atomic E-state index is 0.126. The number of hydrogen-bond acceptors (Lipinski definition) is 2. The summed E-state index contributed by atoms with van der Waals surface area (Å²) in [4.78, 5) is 3.98. The molecule has 0 aliphatic heterocycles. The molecular formula is C9H6Cl2F3N3. The predicted octanol–water partition coefficient (Wildman–Crippen LogP) is 3.62. The van der Waals surface area contributed by atoms with Gasteiger partial charge in [-0.05, 0) is 6.07 Å². The minimum atomic E-state index is -4.58. The Labute approximate surface area is 104 Å². The smallest absolute Gasteiger partial charge is 0.210 e. The first-order valence-electron chi connectivity index (χ1n) is 4.65.